The lowest BCUT2D eigenvalue weighted by atomic mass is 10.2. The highest BCUT2D eigenvalue weighted by Crippen LogP contribution is 2.29. The summed E-state index contributed by atoms with van der Waals surface area (Å²) in [7, 11) is 1.58. The summed E-state index contributed by atoms with van der Waals surface area (Å²) >= 11 is 6.46. The molecule has 3 rings (SSSR count). The molecule has 7 heteroatoms. The maximum atomic E-state index is 11.6. The van der Waals surface area contributed by atoms with Crippen LogP contribution in [0.3, 0.4) is 0 Å². The molecule has 21 heavy (non-hydrogen) atoms. The molecule has 1 aliphatic heterocycles. The summed E-state index contributed by atoms with van der Waals surface area (Å²) in [5.74, 6) is 0.374. The minimum Gasteiger partial charge on any atom is -0.481 e. The Morgan fingerprint density at radius 1 is 1.29 bits per heavy atom. The van der Waals surface area contributed by atoms with Crippen LogP contribution >= 0.6 is 23.6 Å². The van der Waals surface area contributed by atoms with Crippen LogP contribution in [0.4, 0.5) is 0 Å². The first kappa shape index (κ1) is 13.7. The number of aromatic nitrogens is 1. The number of nitrogens with one attached hydrogen (secondary N) is 2. The van der Waals surface area contributed by atoms with Gasteiger partial charge in [-0.05, 0) is 36.5 Å². The fourth-order valence-electron chi connectivity index (χ4n) is 1.86. The Bertz CT molecular complexity index is 735. The van der Waals surface area contributed by atoms with Crippen molar-refractivity contribution in [1.29, 1.82) is 0 Å². The first-order chi connectivity index (χ1) is 10.2. The first-order valence-electron chi connectivity index (χ1n) is 6.10. The highest BCUT2D eigenvalue weighted by Gasteiger charge is 2.20. The zero-order chi connectivity index (χ0) is 14.8. The molecule has 0 aliphatic carbocycles. The number of ether oxygens (including phenoxy) is 1. The second-order valence-electron chi connectivity index (χ2n) is 4.26. The van der Waals surface area contributed by atoms with Gasteiger partial charge in [-0.25, -0.2) is 4.98 Å². The van der Waals surface area contributed by atoms with Crippen LogP contribution in [0.1, 0.15) is 4.88 Å². The van der Waals surface area contributed by atoms with Crippen LogP contribution in [0.5, 0.6) is 5.88 Å². The summed E-state index contributed by atoms with van der Waals surface area (Å²) < 4.78 is 5.04. The van der Waals surface area contributed by atoms with Crippen LogP contribution in [0.2, 0.25) is 0 Å². The molecule has 0 saturated carbocycles. The van der Waals surface area contributed by atoms with Gasteiger partial charge in [0.2, 0.25) is 5.88 Å². The van der Waals surface area contributed by atoms with Crippen molar-refractivity contribution >= 4 is 40.7 Å². The van der Waals surface area contributed by atoms with Crippen molar-refractivity contribution in [3.8, 4) is 16.3 Å². The third-order valence-electron chi connectivity index (χ3n) is 2.86. The molecular formula is C14H11N3O2S2. The van der Waals surface area contributed by atoms with E-state index >= 15 is 0 Å². The predicted molar refractivity (Wildman–Crippen MR) is 86.0 cm³/mol. The second kappa shape index (κ2) is 5.63. The molecule has 2 N–H and O–H groups in total. The number of thiophene rings is 1. The van der Waals surface area contributed by atoms with E-state index in [2.05, 4.69) is 15.6 Å². The van der Waals surface area contributed by atoms with Gasteiger partial charge in [-0.3, -0.25) is 10.1 Å². The van der Waals surface area contributed by atoms with E-state index in [0.717, 1.165) is 15.3 Å². The number of methoxy groups -OCH3 is 1. The average molecular weight is 317 g/mol. The third kappa shape index (κ3) is 2.93. The SMILES string of the molecule is COc1ccc(-c2ccc(/C=C3/NC(=S)NC3=O)s2)cn1. The van der Waals surface area contributed by atoms with Gasteiger partial charge < -0.3 is 10.1 Å². The van der Waals surface area contributed by atoms with E-state index in [1.54, 1.807) is 30.7 Å². The minimum absolute atomic E-state index is 0.207. The van der Waals surface area contributed by atoms with Crippen molar-refractivity contribution in [2.75, 3.05) is 7.11 Å². The molecule has 1 saturated heterocycles. The Kier molecular flexibility index (Phi) is 3.68. The fourth-order valence-corrected chi connectivity index (χ4v) is 3.00. The Labute approximate surface area is 130 Å². The standard InChI is InChI=1S/C14H11N3O2S2/c1-19-12-5-2-8(7-15-12)11-4-3-9(21-11)6-10-13(18)17-14(20)16-10/h2-7H,1H3,(H2,16,17,18,20)/b10-6+. The number of pyridine rings is 1. The maximum Gasteiger partial charge on any atom is 0.273 e. The number of amides is 1. The predicted octanol–water partition coefficient (Wildman–Crippen LogP) is 2.16. The molecule has 1 fully saturated rings. The van der Waals surface area contributed by atoms with Crippen molar-refractivity contribution in [3.05, 3.63) is 41.0 Å². The minimum atomic E-state index is -0.207. The zero-order valence-corrected chi connectivity index (χ0v) is 12.7. The topological polar surface area (TPSA) is 63.2 Å². The Balaban J connectivity index is 1.84. The third-order valence-corrected chi connectivity index (χ3v) is 4.15. The lowest BCUT2D eigenvalue weighted by molar-refractivity contribution is -0.115. The van der Waals surface area contributed by atoms with Crippen molar-refractivity contribution in [2.45, 2.75) is 0 Å². The van der Waals surface area contributed by atoms with Crippen LogP contribution in [-0.2, 0) is 4.79 Å². The average Bonchev–Trinajstić information content (AvgIpc) is 3.07. The van der Waals surface area contributed by atoms with Crippen molar-refractivity contribution in [3.63, 3.8) is 0 Å². The Morgan fingerprint density at radius 2 is 2.14 bits per heavy atom. The number of thiocarbonyl (C=S) groups is 1. The van der Waals surface area contributed by atoms with Crippen LogP contribution in [0.25, 0.3) is 16.5 Å². The Hall–Kier alpha value is -2.25. The largest absolute Gasteiger partial charge is 0.481 e. The van der Waals surface area contributed by atoms with Gasteiger partial charge in [0.1, 0.15) is 5.70 Å². The lowest BCUT2D eigenvalue weighted by Crippen LogP contribution is -2.21. The maximum absolute atomic E-state index is 11.6. The summed E-state index contributed by atoms with van der Waals surface area (Å²) in [6, 6.07) is 7.71. The summed E-state index contributed by atoms with van der Waals surface area (Å²) in [4.78, 5) is 17.8. The van der Waals surface area contributed by atoms with Crippen LogP contribution in [-0.4, -0.2) is 23.1 Å². The van der Waals surface area contributed by atoms with Gasteiger partial charge in [0, 0.05) is 27.6 Å². The molecule has 5 nitrogen and oxygen atoms in total. The molecule has 0 atom stereocenters. The molecule has 3 heterocycles. The van der Waals surface area contributed by atoms with Crippen molar-refractivity contribution < 1.29 is 9.53 Å². The molecule has 0 radical (unpaired) electrons. The Morgan fingerprint density at radius 3 is 2.76 bits per heavy atom. The number of hydrogen-bond donors (Lipinski definition) is 2. The number of hydrogen-bond acceptors (Lipinski definition) is 5. The van der Waals surface area contributed by atoms with Crippen molar-refractivity contribution in [1.82, 2.24) is 15.6 Å². The van der Waals surface area contributed by atoms with E-state index in [4.69, 9.17) is 17.0 Å². The lowest BCUT2D eigenvalue weighted by Gasteiger charge is -1.99. The molecule has 0 unspecified atom stereocenters. The number of carbonyl (C=O) groups is 1. The van der Waals surface area contributed by atoms with Gasteiger partial charge in [0.25, 0.3) is 5.91 Å². The summed E-state index contributed by atoms with van der Waals surface area (Å²) in [6.07, 6.45) is 3.54. The number of carbonyl (C=O) groups excluding carboxylic acids is 1. The summed E-state index contributed by atoms with van der Waals surface area (Å²) in [5.41, 5.74) is 1.46. The smallest absolute Gasteiger partial charge is 0.273 e. The molecule has 2 aromatic heterocycles. The summed E-state index contributed by atoms with van der Waals surface area (Å²) in [5, 5.41) is 5.69. The molecule has 0 aromatic carbocycles. The van der Waals surface area contributed by atoms with Gasteiger partial charge in [-0.15, -0.1) is 11.3 Å². The van der Waals surface area contributed by atoms with Gasteiger partial charge in [0.05, 0.1) is 7.11 Å². The molecule has 1 aliphatic rings. The molecule has 106 valence electrons. The van der Waals surface area contributed by atoms with E-state index in [1.807, 2.05) is 24.3 Å². The second-order valence-corrected chi connectivity index (χ2v) is 5.78. The number of rotatable bonds is 3. The fraction of sp³-hybridized carbons (Fsp3) is 0.0714. The van der Waals surface area contributed by atoms with Gasteiger partial charge in [-0.1, -0.05) is 0 Å². The van der Waals surface area contributed by atoms with E-state index in [9.17, 15) is 4.79 Å². The highest BCUT2D eigenvalue weighted by atomic mass is 32.1. The zero-order valence-electron chi connectivity index (χ0n) is 11.0. The van der Waals surface area contributed by atoms with Gasteiger partial charge in [0.15, 0.2) is 5.11 Å². The monoisotopic (exact) mass is 317 g/mol. The van der Waals surface area contributed by atoms with E-state index in [1.165, 1.54) is 0 Å². The van der Waals surface area contributed by atoms with E-state index in [-0.39, 0.29) is 5.91 Å². The normalized spacial score (nSPS) is 16.0. The highest BCUT2D eigenvalue weighted by molar-refractivity contribution is 7.80. The van der Waals surface area contributed by atoms with Gasteiger partial charge in [-0.2, -0.15) is 0 Å². The first-order valence-corrected chi connectivity index (χ1v) is 7.32. The van der Waals surface area contributed by atoms with E-state index in [0.29, 0.717) is 16.7 Å². The molecule has 1 amide bonds. The molecular weight excluding hydrogens is 306 g/mol. The quantitative estimate of drug-likeness (QED) is 0.671. The molecule has 2 aromatic rings. The van der Waals surface area contributed by atoms with Crippen LogP contribution in [0.15, 0.2) is 36.2 Å². The summed E-state index contributed by atoms with van der Waals surface area (Å²) in [6.45, 7) is 0. The van der Waals surface area contributed by atoms with Crippen LogP contribution < -0.4 is 15.4 Å². The molecule has 0 bridgehead atoms. The van der Waals surface area contributed by atoms with E-state index < -0.39 is 0 Å². The number of nitrogens with zero attached hydrogens (tertiary/aromatic N) is 1. The van der Waals surface area contributed by atoms with Gasteiger partial charge >= 0.3 is 0 Å². The molecule has 0 spiro atoms. The van der Waals surface area contributed by atoms with Crippen molar-refractivity contribution in [2.24, 2.45) is 0 Å². The van der Waals surface area contributed by atoms with Crippen LogP contribution in [0, 0.1) is 0 Å².